The molecule has 1 fully saturated rings. The number of hydrogen-bond acceptors (Lipinski definition) is 6. The van der Waals surface area contributed by atoms with Gasteiger partial charge in [0.25, 0.3) is 0 Å². The highest BCUT2D eigenvalue weighted by molar-refractivity contribution is 5.79. The van der Waals surface area contributed by atoms with Crippen molar-refractivity contribution in [1.29, 1.82) is 0 Å². The Balaban J connectivity index is 1.56. The molecule has 3 heterocycles. The van der Waals surface area contributed by atoms with Gasteiger partial charge in [0.2, 0.25) is 5.91 Å². The molecule has 1 aliphatic heterocycles. The van der Waals surface area contributed by atoms with Crippen molar-refractivity contribution in [2.24, 2.45) is 0 Å². The number of halogens is 1. The van der Waals surface area contributed by atoms with Crippen molar-refractivity contribution in [3.05, 3.63) is 30.2 Å². The van der Waals surface area contributed by atoms with Crippen molar-refractivity contribution in [3.8, 4) is 0 Å². The van der Waals surface area contributed by atoms with E-state index in [4.69, 9.17) is 4.52 Å². The lowest BCUT2D eigenvalue weighted by Gasteiger charge is -2.24. The predicted molar refractivity (Wildman–Crippen MR) is 82.7 cm³/mol. The van der Waals surface area contributed by atoms with Crippen LogP contribution in [0.1, 0.15) is 30.7 Å². The van der Waals surface area contributed by atoms with Crippen molar-refractivity contribution in [2.45, 2.75) is 45.1 Å². The second-order valence-corrected chi connectivity index (χ2v) is 6.12. The molecule has 3 rings (SSSR count). The van der Waals surface area contributed by atoms with Crippen LogP contribution in [-0.4, -0.2) is 56.0 Å². The van der Waals surface area contributed by atoms with Gasteiger partial charge in [-0.25, -0.2) is 14.1 Å². The lowest BCUT2D eigenvalue weighted by atomic mass is 10.2. The summed E-state index contributed by atoms with van der Waals surface area (Å²) in [6, 6.07) is -0.509. The summed E-state index contributed by atoms with van der Waals surface area (Å²) in [5.41, 5.74) is 0.941. The first-order valence-corrected chi connectivity index (χ1v) is 7.94. The molecule has 8 nitrogen and oxygen atoms in total. The van der Waals surface area contributed by atoms with Gasteiger partial charge in [-0.3, -0.25) is 9.69 Å². The van der Waals surface area contributed by atoms with Gasteiger partial charge in [-0.2, -0.15) is 5.10 Å². The first kappa shape index (κ1) is 16.6. The van der Waals surface area contributed by atoms with Crippen LogP contribution >= 0.6 is 0 Å². The molecule has 0 aromatic carbocycles. The smallest absolute Gasteiger partial charge is 0.244 e. The largest absolute Gasteiger partial charge is 0.361 e. The minimum atomic E-state index is -0.889. The number of carbonyl (C=O) groups is 1. The summed E-state index contributed by atoms with van der Waals surface area (Å²) in [4.78, 5) is 18.1. The summed E-state index contributed by atoms with van der Waals surface area (Å²) < 4.78 is 20.4. The van der Waals surface area contributed by atoms with Crippen molar-refractivity contribution >= 4 is 5.91 Å². The van der Waals surface area contributed by atoms with E-state index in [9.17, 15) is 9.18 Å². The molecule has 24 heavy (non-hydrogen) atoms. The second kappa shape index (κ2) is 7.08. The molecule has 0 saturated carbocycles. The van der Waals surface area contributed by atoms with E-state index >= 15 is 0 Å². The molecule has 0 unspecified atom stereocenters. The van der Waals surface area contributed by atoms with E-state index in [2.05, 4.69) is 20.6 Å². The summed E-state index contributed by atoms with van der Waals surface area (Å²) in [5, 5.41) is 10.6. The van der Waals surface area contributed by atoms with Crippen LogP contribution in [0.2, 0.25) is 0 Å². The number of aryl methyl sites for hydroxylation is 1. The normalized spacial score (nSPS) is 22.6. The van der Waals surface area contributed by atoms with Crippen molar-refractivity contribution < 1.29 is 13.7 Å². The molecular weight excluding hydrogens is 315 g/mol. The maximum Gasteiger partial charge on any atom is 0.244 e. The summed E-state index contributed by atoms with van der Waals surface area (Å²) in [6.45, 7) is 4.89. The standard InChI is InChI=1S/C15H21FN6O2/c1-10(22-9-17-8-19-22)15(23)18-5-14-3-13(16)7-21(14)6-12-4-20-24-11(12)2/h4,8-10,13-14H,3,5-7H2,1-2H3,(H,18,23)/t10-,13-,14-/m0/s1. The number of hydrogen-bond donors (Lipinski definition) is 1. The third-order valence-electron chi connectivity index (χ3n) is 4.43. The first-order valence-electron chi connectivity index (χ1n) is 7.94. The molecule has 1 amide bonds. The number of nitrogens with one attached hydrogen (secondary N) is 1. The molecule has 3 atom stereocenters. The van der Waals surface area contributed by atoms with Gasteiger partial charge in [-0.1, -0.05) is 5.16 Å². The fourth-order valence-electron chi connectivity index (χ4n) is 2.92. The number of alkyl halides is 1. The Morgan fingerprint density at radius 3 is 3.08 bits per heavy atom. The molecular formula is C15H21FN6O2. The SMILES string of the molecule is Cc1oncc1CN1C[C@@H](F)C[C@H]1CNC(=O)[C@H](C)n1cncn1. The molecule has 9 heteroatoms. The van der Waals surface area contributed by atoms with Crippen LogP contribution in [0, 0.1) is 6.92 Å². The zero-order valence-corrected chi connectivity index (χ0v) is 13.7. The van der Waals surface area contributed by atoms with Crippen molar-refractivity contribution in [3.63, 3.8) is 0 Å². The fourth-order valence-corrected chi connectivity index (χ4v) is 2.92. The van der Waals surface area contributed by atoms with Crippen LogP contribution in [0.5, 0.6) is 0 Å². The van der Waals surface area contributed by atoms with E-state index in [-0.39, 0.29) is 11.9 Å². The van der Waals surface area contributed by atoms with Gasteiger partial charge < -0.3 is 9.84 Å². The quantitative estimate of drug-likeness (QED) is 0.842. The Hall–Kier alpha value is -2.29. The maximum atomic E-state index is 13.8. The van der Waals surface area contributed by atoms with E-state index in [1.807, 2.05) is 11.8 Å². The summed E-state index contributed by atoms with van der Waals surface area (Å²) >= 11 is 0. The van der Waals surface area contributed by atoms with E-state index in [0.717, 1.165) is 11.3 Å². The van der Waals surface area contributed by atoms with Crippen molar-refractivity contribution in [2.75, 3.05) is 13.1 Å². The molecule has 0 spiro atoms. The molecule has 2 aromatic rings. The van der Waals surface area contributed by atoms with Gasteiger partial charge >= 0.3 is 0 Å². The number of nitrogens with zero attached hydrogens (tertiary/aromatic N) is 5. The molecule has 1 aliphatic rings. The number of likely N-dealkylation sites (tertiary alicyclic amines) is 1. The fraction of sp³-hybridized carbons (Fsp3) is 0.600. The Bertz CT molecular complexity index is 673. The minimum absolute atomic E-state index is 0.0544. The Morgan fingerprint density at radius 1 is 1.58 bits per heavy atom. The lowest BCUT2D eigenvalue weighted by molar-refractivity contribution is -0.124. The number of carbonyl (C=O) groups excluding carboxylic acids is 1. The van der Waals surface area contributed by atoms with Crippen LogP contribution in [0.4, 0.5) is 4.39 Å². The zero-order chi connectivity index (χ0) is 17.1. The lowest BCUT2D eigenvalue weighted by Crippen LogP contribution is -2.41. The molecule has 130 valence electrons. The van der Waals surface area contributed by atoms with Gasteiger partial charge in [0, 0.05) is 31.2 Å². The molecule has 0 radical (unpaired) electrons. The van der Waals surface area contributed by atoms with E-state index < -0.39 is 12.2 Å². The van der Waals surface area contributed by atoms with Crippen LogP contribution < -0.4 is 5.32 Å². The maximum absolute atomic E-state index is 13.8. The van der Waals surface area contributed by atoms with Gasteiger partial charge in [0.1, 0.15) is 30.6 Å². The Kier molecular flexibility index (Phi) is 4.89. The zero-order valence-electron chi connectivity index (χ0n) is 13.7. The predicted octanol–water partition coefficient (Wildman–Crippen LogP) is 0.864. The molecule has 1 N–H and O–H groups in total. The molecule has 0 bridgehead atoms. The summed E-state index contributed by atoms with van der Waals surface area (Å²) in [6.07, 6.45) is 4.06. The highest BCUT2D eigenvalue weighted by Gasteiger charge is 2.33. The third-order valence-corrected chi connectivity index (χ3v) is 4.43. The molecule has 1 saturated heterocycles. The van der Waals surface area contributed by atoms with Gasteiger partial charge in [-0.15, -0.1) is 0 Å². The number of amides is 1. The van der Waals surface area contributed by atoms with Crippen LogP contribution in [0.25, 0.3) is 0 Å². The second-order valence-electron chi connectivity index (χ2n) is 6.12. The first-order chi connectivity index (χ1) is 11.5. The Labute approximate surface area is 139 Å². The van der Waals surface area contributed by atoms with Crippen molar-refractivity contribution in [1.82, 2.24) is 30.1 Å². The topological polar surface area (TPSA) is 89.1 Å². The molecule has 0 aliphatic carbocycles. The third kappa shape index (κ3) is 3.61. The number of rotatable bonds is 6. The average molecular weight is 336 g/mol. The Morgan fingerprint density at radius 2 is 2.42 bits per heavy atom. The highest BCUT2D eigenvalue weighted by atomic mass is 19.1. The average Bonchev–Trinajstić information content (AvgIpc) is 3.28. The van der Waals surface area contributed by atoms with Crippen LogP contribution in [0.15, 0.2) is 23.4 Å². The molecule has 2 aromatic heterocycles. The summed E-state index contributed by atoms with van der Waals surface area (Å²) in [7, 11) is 0. The van der Waals surface area contributed by atoms with Gasteiger partial charge in [0.15, 0.2) is 0 Å². The minimum Gasteiger partial charge on any atom is -0.361 e. The number of aromatic nitrogens is 4. The van der Waals surface area contributed by atoms with E-state index in [0.29, 0.717) is 26.1 Å². The van der Waals surface area contributed by atoms with E-state index in [1.165, 1.54) is 17.3 Å². The monoisotopic (exact) mass is 336 g/mol. The van der Waals surface area contributed by atoms with Crippen LogP contribution in [0.3, 0.4) is 0 Å². The van der Waals surface area contributed by atoms with E-state index in [1.54, 1.807) is 13.1 Å². The van der Waals surface area contributed by atoms with Gasteiger partial charge in [-0.05, 0) is 20.3 Å². The van der Waals surface area contributed by atoms with Gasteiger partial charge in [0.05, 0.1) is 6.20 Å². The highest BCUT2D eigenvalue weighted by Crippen LogP contribution is 2.23. The summed E-state index contributed by atoms with van der Waals surface area (Å²) in [5.74, 6) is 0.573. The van der Waals surface area contributed by atoms with Crippen LogP contribution in [-0.2, 0) is 11.3 Å².